The van der Waals surface area contributed by atoms with Gasteiger partial charge in [-0.2, -0.15) is 5.21 Å². The van der Waals surface area contributed by atoms with Gasteiger partial charge >= 0.3 is 0 Å². The number of nitrogens with zero attached hydrogens (tertiary/aromatic N) is 6. The number of hydrogen-bond donors (Lipinski definition) is 2. The summed E-state index contributed by atoms with van der Waals surface area (Å²) in [7, 11) is 0. The highest BCUT2D eigenvalue weighted by Gasteiger charge is 2.19. The van der Waals surface area contributed by atoms with Gasteiger partial charge in [0.05, 0.1) is 15.1 Å². The molecule has 0 fully saturated rings. The largest absolute Gasteiger partial charge is 0.288 e. The number of non-ortho nitro benzene ring substituents is 1. The van der Waals surface area contributed by atoms with Crippen LogP contribution in [-0.4, -0.2) is 40.8 Å². The fourth-order valence-corrected chi connectivity index (χ4v) is 3.21. The number of aromatic nitrogens is 6. The third-order valence-electron chi connectivity index (χ3n) is 3.34. The lowest BCUT2D eigenvalue weighted by Gasteiger charge is -2.01. The first-order valence-corrected chi connectivity index (χ1v) is 7.50. The number of rotatable bonds is 3. The van der Waals surface area contributed by atoms with Gasteiger partial charge in [-0.15, -0.1) is 5.10 Å². The van der Waals surface area contributed by atoms with E-state index in [2.05, 4.69) is 30.9 Å². The molecule has 3 aromatic heterocycles. The van der Waals surface area contributed by atoms with Crippen LogP contribution in [0.25, 0.3) is 15.2 Å². The molecule has 124 valence electrons. The third kappa shape index (κ3) is 2.38. The molecule has 0 aliphatic carbocycles. The molecule has 1 amide bonds. The Morgan fingerprint density at radius 3 is 2.96 bits per heavy atom. The molecule has 0 bridgehead atoms. The topological polar surface area (TPSA) is 161 Å². The molecule has 25 heavy (non-hydrogen) atoms. The molecule has 0 saturated carbocycles. The number of H-pyrrole nitrogens is 1. The molecular weight excluding hydrogens is 352 g/mol. The van der Waals surface area contributed by atoms with Gasteiger partial charge in [0.1, 0.15) is 5.56 Å². The van der Waals surface area contributed by atoms with Crippen LogP contribution in [0.5, 0.6) is 0 Å². The molecule has 13 heteroatoms. The van der Waals surface area contributed by atoms with Crippen molar-refractivity contribution in [2.75, 3.05) is 5.32 Å². The van der Waals surface area contributed by atoms with E-state index in [0.717, 1.165) is 10.6 Å². The number of tetrazole rings is 1. The normalized spacial score (nSPS) is 11.0. The summed E-state index contributed by atoms with van der Waals surface area (Å²) in [5.41, 5.74) is -0.770. The lowest BCUT2D eigenvalue weighted by molar-refractivity contribution is -0.384. The standard InChI is InChI=1S/C12H6N8O4S/c21-9(14-11-15-17-18-16-11)6-4-13-12-19(10(6)22)7-3-5(20(23)24)1-2-8(7)25-12/h1-4H,(H2,14,15,16,17,18,21). The Balaban J connectivity index is 1.90. The maximum atomic E-state index is 12.7. The van der Waals surface area contributed by atoms with Crippen molar-refractivity contribution in [3.63, 3.8) is 0 Å². The predicted octanol–water partition coefficient (Wildman–Crippen LogP) is 0.583. The smallest absolute Gasteiger partial charge is 0.271 e. The zero-order valence-electron chi connectivity index (χ0n) is 12.0. The second kappa shape index (κ2) is 5.41. The number of amides is 1. The first kappa shape index (κ1) is 14.8. The molecule has 2 N–H and O–H groups in total. The summed E-state index contributed by atoms with van der Waals surface area (Å²) in [6, 6.07) is 4.14. The fraction of sp³-hybridized carbons (Fsp3) is 0. The Labute approximate surface area is 140 Å². The number of carbonyl (C=O) groups is 1. The van der Waals surface area contributed by atoms with Crippen LogP contribution < -0.4 is 10.9 Å². The van der Waals surface area contributed by atoms with E-state index in [9.17, 15) is 19.7 Å². The van der Waals surface area contributed by atoms with Crippen LogP contribution in [0.4, 0.5) is 11.6 Å². The van der Waals surface area contributed by atoms with E-state index in [0.29, 0.717) is 15.2 Å². The van der Waals surface area contributed by atoms with Crippen molar-refractivity contribution in [2.45, 2.75) is 0 Å². The highest BCUT2D eigenvalue weighted by atomic mass is 32.1. The summed E-state index contributed by atoms with van der Waals surface area (Å²) < 4.78 is 1.80. The minimum absolute atomic E-state index is 0.0969. The summed E-state index contributed by atoms with van der Waals surface area (Å²) in [6.07, 6.45) is 1.14. The van der Waals surface area contributed by atoms with Gasteiger partial charge < -0.3 is 0 Å². The van der Waals surface area contributed by atoms with Crippen LogP contribution in [0.15, 0.2) is 29.2 Å². The number of carbonyl (C=O) groups excluding carboxylic acids is 1. The first-order chi connectivity index (χ1) is 12.0. The summed E-state index contributed by atoms with van der Waals surface area (Å²) in [6.45, 7) is 0. The van der Waals surface area contributed by atoms with Crippen molar-refractivity contribution in [3.05, 3.63) is 50.4 Å². The Morgan fingerprint density at radius 2 is 2.24 bits per heavy atom. The molecule has 3 heterocycles. The number of hydrogen-bond acceptors (Lipinski definition) is 9. The Morgan fingerprint density at radius 1 is 1.40 bits per heavy atom. The number of anilines is 1. The number of fused-ring (bicyclic) bond motifs is 3. The van der Waals surface area contributed by atoms with Crippen molar-refractivity contribution < 1.29 is 9.72 Å². The Hall–Kier alpha value is -3.74. The van der Waals surface area contributed by atoms with Crippen molar-refractivity contribution >= 4 is 44.1 Å². The van der Waals surface area contributed by atoms with E-state index in [-0.39, 0.29) is 17.2 Å². The zero-order chi connectivity index (χ0) is 17.6. The van der Waals surface area contributed by atoms with E-state index in [1.165, 1.54) is 29.5 Å². The second-order valence-electron chi connectivity index (χ2n) is 4.80. The quantitative estimate of drug-likeness (QED) is 0.397. The molecular formula is C12H6N8O4S. The number of aromatic amines is 1. The minimum atomic E-state index is -0.766. The van der Waals surface area contributed by atoms with Crippen molar-refractivity contribution in [1.82, 2.24) is 30.0 Å². The SMILES string of the molecule is O=C(Nc1nn[nH]n1)c1cnc2sc3ccc([N+](=O)[O-])cc3n2c1=O. The van der Waals surface area contributed by atoms with Crippen LogP contribution >= 0.6 is 11.3 Å². The van der Waals surface area contributed by atoms with E-state index >= 15 is 0 Å². The van der Waals surface area contributed by atoms with E-state index in [4.69, 9.17) is 0 Å². The number of thiazole rings is 1. The van der Waals surface area contributed by atoms with Crippen molar-refractivity contribution in [2.24, 2.45) is 0 Å². The van der Waals surface area contributed by atoms with E-state index < -0.39 is 16.4 Å². The lowest BCUT2D eigenvalue weighted by atomic mass is 10.3. The van der Waals surface area contributed by atoms with Gasteiger partial charge in [-0.3, -0.25) is 29.4 Å². The average Bonchev–Trinajstić information content (AvgIpc) is 3.21. The van der Waals surface area contributed by atoms with Crippen molar-refractivity contribution in [3.8, 4) is 0 Å². The Kier molecular flexibility index (Phi) is 3.21. The van der Waals surface area contributed by atoms with Crippen LogP contribution in [0.3, 0.4) is 0 Å². The van der Waals surface area contributed by atoms with Gasteiger partial charge in [0.15, 0.2) is 4.96 Å². The summed E-state index contributed by atoms with van der Waals surface area (Å²) in [5, 5.41) is 25.8. The molecule has 0 unspecified atom stereocenters. The molecule has 4 aromatic rings. The minimum Gasteiger partial charge on any atom is -0.288 e. The monoisotopic (exact) mass is 358 g/mol. The molecule has 1 aromatic carbocycles. The molecule has 0 aliphatic heterocycles. The van der Waals surface area contributed by atoms with Crippen LogP contribution in [-0.2, 0) is 0 Å². The van der Waals surface area contributed by atoms with Crippen LogP contribution in [0, 0.1) is 10.1 Å². The molecule has 0 radical (unpaired) electrons. The highest BCUT2D eigenvalue weighted by Crippen LogP contribution is 2.27. The maximum Gasteiger partial charge on any atom is 0.271 e. The molecule has 0 saturated heterocycles. The molecule has 0 atom stereocenters. The molecule has 0 spiro atoms. The number of nitro benzene ring substituents is 1. The van der Waals surface area contributed by atoms with Gasteiger partial charge in [-0.05, 0) is 11.3 Å². The number of benzene rings is 1. The summed E-state index contributed by atoms with van der Waals surface area (Å²) in [4.78, 5) is 39.7. The van der Waals surface area contributed by atoms with Gasteiger partial charge in [0, 0.05) is 18.3 Å². The lowest BCUT2D eigenvalue weighted by Crippen LogP contribution is -2.26. The maximum absolute atomic E-state index is 12.7. The third-order valence-corrected chi connectivity index (χ3v) is 4.38. The Bertz CT molecular complexity index is 1200. The van der Waals surface area contributed by atoms with Gasteiger partial charge in [0.25, 0.3) is 23.1 Å². The fourth-order valence-electron chi connectivity index (χ4n) is 2.24. The number of nitro groups is 1. The van der Waals surface area contributed by atoms with E-state index in [1.54, 1.807) is 0 Å². The predicted molar refractivity (Wildman–Crippen MR) is 85.6 cm³/mol. The van der Waals surface area contributed by atoms with Crippen LogP contribution in [0.1, 0.15) is 10.4 Å². The molecule has 4 rings (SSSR count). The van der Waals surface area contributed by atoms with E-state index in [1.807, 2.05) is 0 Å². The van der Waals surface area contributed by atoms with Gasteiger partial charge in [0.2, 0.25) is 0 Å². The van der Waals surface area contributed by atoms with Crippen molar-refractivity contribution in [1.29, 1.82) is 0 Å². The second-order valence-corrected chi connectivity index (χ2v) is 5.80. The van der Waals surface area contributed by atoms with Gasteiger partial charge in [-0.1, -0.05) is 16.4 Å². The molecule has 12 nitrogen and oxygen atoms in total. The number of nitrogens with one attached hydrogen (secondary N) is 2. The first-order valence-electron chi connectivity index (χ1n) is 6.68. The zero-order valence-corrected chi connectivity index (χ0v) is 12.9. The summed E-state index contributed by atoms with van der Waals surface area (Å²) >= 11 is 1.18. The average molecular weight is 358 g/mol. The van der Waals surface area contributed by atoms with Gasteiger partial charge in [-0.25, -0.2) is 4.98 Å². The molecule has 0 aliphatic rings. The van der Waals surface area contributed by atoms with Crippen LogP contribution in [0.2, 0.25) is 0 Å². The summed E-state index contributed by atoms with van der Waals surface area (Å²) in [5.74, 6) is -0.863. The highest BCUT2D eigenvalue weighted by molar-refractivity contribution is 7.23.